The van der Waals surface area contributed by atoms with Crippen molar-refractivity contribution >= 4 is 11.8 Å². The number of carbonyl (C=O) groups is 2. The molecule has 1 atom stereocenters. The van der Waals surface area contributed by atoms with Gasteiger partial charge in [-0.25, -0.2) is 0 Å². The highest BCUT2D eigenvalue weighted by Crippen LogP contribution is 2.12. The zero-order valence-electron chi connectivity index (χ0n) is 11.9. The Morgan fingerprint density at radius 2 is 2.05 bits per heavy atom. The number of hydrogen-bond donors (Lipinski definition) is 2. The Balaban J connectivity index is 2.32. The van der Waals surface area contributed by atoms with Gasteiger partial charge < -0.3 is 20.7 Å². The van der Waals surface area contributed by atoms with E-state index in [-0.39, 0.29) is 24.0 Å². The predicted octanol–water partition coefficient (Wildman–Crippen LogP) is -0.133. The van der Waals surface area contributed by atoms with Crippen molar-refractivity contribution in [2.24, 2.45) is 5.73 Å². The maximum atomic E-state index is 12.0. The van der Waals surface area contributed by atoms with Crippen LogP contribution in [0.15, 0.2) is 0 Å². The number of ether oxygens (including phenoxy) is 1. The van der Waals surface area contributed by atoms with Crippen LogP contribution in [0.5, 0.6) is 0 Å². The molecule has 0 bridgehead atoms. The van der Waals surface area contributed by atoms with Gasteiger partial charge in [0.2, 0.25) is 11.8 Å². The lowest BCUT2D eigenvalue weighted by molar-refractivity contribution is -0.134. The van der Waals surface area contributed by atoms with Gasteiger partial charge in [0.1, 0.15) is 0 Å². The standard InChI is InChI=1S/C13H25N3O3/c1-3-12(17)15-10-4-6-16(7-5-10)13(18)8-11(9-14)19-2/h10-11H,3-9,14H2,1-2H3,(H,15,17). The number of nitrogens with zero attached hydrogens (tertiary/aromatic N) is 1. The summed E-state index contributed by atoms with van der Waals surface area (Å²) in [5.74, 6) is 0.157. The van der Waals surface area contributed by atoms with Crippen molar-refractivity contribution in [3.05, 3.63) is 0 Å². The zero-order valence-corrected chi connectivity index (χ0v) is 11.9. The second-order valence-corrected chi connectivity index (χ2v) is 4.87. The summed E-state index contributed by atoms with van der Waals surface area (Å²) in [6, 6.07) is 0.198. The van der Waals surface area contributed by atoms with Gasteiger partial charge in [-0.05, 0) is 12.8 Å². The third-order valence-corrected chi connectivity index (χ3v) is 3.53. The molecule has 1 unspecified atom stereocenters. The second kappa shape index (κ2) is 8.12. The molecule has 0 radical (unpaired) electrons. The fourth-order valence-electron chi connectivity index (χ4n) is 2.19. The molecule has 6 heteroatoms. The minimum atomic E-state index is -0.204. The Morgan fingerprint density at radius 3 is 2.53 bits per heavy atom. The topological polar surface area (TPSA) is 84.7 Å². The smallest absolute Gasteiger partial charge is 0.225 e. The highest BCUT2D eigenvalue weighted by atomic mass is 16.5. The van der Waals surface area contributed by atoms with E-state index in [0.717, 1.165) is 12.8 Å². The van der Waals surface area contributed by atoms with Gasteiger partial charge in [-0.3, -0.25) is 9.59 Å². The molecule has 2 amide bonds. The van der Waals surface area contributed by atoms with Crippen LogP contribution in [0.25, 0.3) is 0 Å². The first kappa shape index (κ1) is 15.9. The quantitative estimate of drug-likeness (QED) is 0.704. The number of amides is 2. The second-order valence-electron chi connectivity index (χ2n) is 4.87. The summed E-state index contributed by atoms with van der Waals surface area (Å²) in [6.45, 7) is 3.57. The van der Waals surface area contributed by atoms with Crippen molar-refractivity contribution in [3.8, 4) is 0 Å². The largest absolute Gasteiger partial charge is 0.380 e. The molecule has 1 saturated heterocycles. The molecule has 1 fully saturated rings. The van der Waals surface area contributed by atoms with E-state index in [0.29, 0.717) is 32.5 Å². The molecule has 1 aliphatic heterocycles. The Bertz CT molecular complexity index is 298. The van der Waals surface area contributed by atoms with Crippen molar-refractivity contribution in [1.29, 1.82) is 0 Å². The number of nitrogens with two attached hydrogens (primary N) is 1. The maximum Gasteiger partial charge on any atom is 0.225 e. The molecule has 0 aromatic carbocycles. The molecule has 0 aromatic heterocycles. The Kier molecular flexibility index (Phi) is 6.80. The molecule has 3 N–H and O–H groups in total. The lowest BCUT2D eigenvalue weighted by Crippen LogP contribution is -2.47. The number of carbonyl (C=O) groups excluding carboxylic acids is 2. The van der Waals surface area contributed by atoms with Crippen molar-refractivity contribution in [2.75, 3.05) is 26.7 Å². The van der Waals surface area contributed by atoms with E-state index in [1.165, 1.54) is 0 Å². The summed E-state index contributed by atoms with van der Waals surface area (Å²) in [5.41, 5.74) is 5.51. The number of hydrogen-bond acceptors (Lipinski definition) is 4. The summed E-state index contributed by atoms with van der Waals surface area (Å²) in [5, 5.41) is 2.97. The normalized spacial score (nSPS) is 18.2. The van der Waals surface area contributed by atoms with Gasteiger partial charge in [0.05, 0.1) is 12.5 Å². The molecule has 6 nitrogen and oxygen atoms in total. The van der Waals surface area contributed by atoms with Crippen LogP contribution < -0.4 is 11.1 Å². The summed E-state index contributed by atoms with van der Waals surface area (Å²) < 4.78 is 5.12. The van der Waals surface area contributed by atoms with E-state index in [4.69, 9.17) is 10.5 Å². The fourth-order valence-corrected chi connectivity index (χ4v) is 2.19. The molecule has 0 aromatic rings. The van der Waals surface area contributed by atoms with E-state index >= 15 is 0 Å². The lowest BCUT2D eigenvalue weighted by atomic mass is 10.0. The van der Waals surface area contributed by atoms with Gasteiger partial charge in [0.15, 0.2) is 0 Å². The minimum Gasteiger partial charge on any atom is -0.380 e. The number of nitrogens with one attached hydrogen (secondary N) is 1. The van der Waals surface area contributed by atoms with Crippen LogP contribution >= 0.6 is 0 Å². The Hall–Kier alpha value is -1.14. The van der Waals surface area contributed by atoms with Gasteiger partial charge in [-0.15, -0.1) is 0 Å². The molecule has 0 saturated carbocycles. The Labute approximate surface area is 114 Å². The molecule has 19 heavy (non-hydrogen) atoms. The van der Waals surface area contributed by atoms with E-state index in [2.05, 4.69) is 5.32 Å². The minimum absolute atomic E-state index is 0.0763. The summed E-state index contributed by atoms with van der Waals surface area (Å²) in [6.07, 6.45) is 2.27. The average Bonchev–Trinajstić information content (AvgIpc) is 2.45. The summed E-state index contributed by atoms with van der Waals surface area (Å²) in [7, 11) is 1.57. The average molecular weight is 271 g/mol. The first-order valence-electron chi connectivity index (χ1n) is 6.90. The van der Waals surface area contributed by atoms with Gasteiger partial charge in [-0.2, -0.15) is 0 Å². The van der Waals surface area contributed by atoms with Crippen molar-refractivity contribution in [2.45, 2.75) is 44.8 Å². The molecular weight excluding hydrogens is 246 g/mol. The van der Waals surface area contributed by atoms with Gasteiger partial charge in [0.25, 0.3) is 0 Å². The third-order valence-electron chi connectivity index (χ3n) is 3.53. The highest BCUT2D eigenvalue weighted by Gasteiger charge is 2.24. The van der Waals surface area contributed by atoms with Crippen LogP contribution in [-0.4, -0.2) is 55.6 Å². The predicted molar refractivity (Wildman–Crippen MR) is 72.5 cm³/mol. The first-order valence-corrected chi connectivity index (χ1v) is 6.90. The van der Waals surface area contributed by atoms with E-state index in [9.17, 15) is 9.59 Å². The van der Waals surface area contributed by atoms with Crippen LogP contribution in [0.1, 0.15) is 32.6 Å². The monoisotopic (exact) mass is 271 g/mol. The number of rotatable bonds is 6. The number of methoxy groups -OCH3 is 1. The van der Waals surface area contributed by atoms with Crippen molar-refractivity contribution in [3.63, 3.8) is 0 Å². The fraction of sp³-hybridized carbons (Fsp3) is 0.846. The molecule has 0 spiro atoms. The van der Waals surface area contributed by atoms with Crippen LogP contribution in [0.2, 0.25) is 0 Å². The van der Waals surface area contributed by atoms with E-state index in [1.807, 2.05) is 11.8 Å². The lowest BCUT2D eigenvalue weighted by Gasteiger charge is -2.33. The van der Waals surface area contributed by atoms with Crippen LogP contribution in [0.3, 0.4) is 0 Å². The van der Waals surface area contributed by atoms with Crippen LogP contribution in [0, 0.1) is 0 Å². The van der Waals surface area contributed by atoms with E-state index < -0.39 is 0 Å². The van der Waals surface area contributed by atoms with Gasteiger partial charge >= 0.3 is 0 Å². The third kappa shape index (κ3) is 5.16. The number of piperidine rings is 1. The first-order chi connectivity index (χ1) is 9.10. The molecule has 1 aliphatic rings. The zero-order chi connectivity index (χ0) is 14.3. The van der Waals surface area contributed by atoms with Crippen molar-refractivity contribution in [1.82, 2.24) is 10.2 Å². The van der Waals surface area contributed by atoms with E-state index in [1.54, 1.807) is 7.11 Å². The van der Waals surface area contributed by atoms with Crippen molar-refractivity contribution < 1.29 is 14.3 Å². The molecule has 0 aliphatic carbocycles. The van der Waals surface area contributed by atoms with Gasteiger partial charge in [-0.1, -0.05) is 6.92 Å². The maximum absolute atomic E-state index is 12.0. The molecule has 1 heterocycles. The molecule has 1 rings (SSSR count). The Morgan fingerprint density at radius 1 is 1.42 bits per heavy atom. The number of likely N-dealkylation sites (tertiary alicyclic amines) is 1. The van der Waals surface area contributed by atoms with Crippen LogP contribution in [-0.2, 0) is 14.3 Å². The SMILES string of the molecule is CCC(=O)NC1CCN(C(=O)CC(CN)OC)CC1. The molecule has 110 valence electrons. The summed E-state index contributed by atoms with van der Waals surface area (Å²) >= 11 is 0. The van der Waals surface area contributed by atoms with Gasteiger partial charge in [0, 0.05) is 39.2 Å². The summed E-state index contributed by atoms with van der Waals surface area (Å²) in [4.78, 5) is 25.1. The highest BCUT2D eigenvalue weighted by molar-refractivity contribution is 5.77. The van der Waals surface area contributed by atoms with Crippen LogP contribution in [0.4, 0.5) is 0 Å². The molecular formula is C13H25N3O3.